The van der Waals surface area contributed by atoms with E-state index in [9.17, 15) is 0 Å². The number of aryl methyl sites for hydroxylation is 1. The molecule has 3 aromatic rings. The molecule has 0 spiro atoms. The van der Waals surface area contributed by atoms with Gasteiger partial charge in [0.1, 0.15) is 12.0 Å². The number of aromatic nitrogens is 1. The second-order valence-corrected chi connectivity index (χ2v) is 5.41. The number of oxazole rings is 1. The normalized spacial score (nSPS) is 10.7. The summed E-state index contributed by atoms with van der Waals surface area (Å²) < 4.78 is 11.2. The molecule has 0 aliphatic rings. The Kier molecular flexibility index (Phi) is 4.74. The molecule has 0 radical (unpaired) electrons. The largest absolute Gasteiger partial charge is 0.493 e. The Hall–Kier alpha value is -2.59. The summed E-state index contributed by atoms with van der Waals surface area (Å²) in [5.41, 5.74) is 3.92. The zero-order valence-corrected chi connectivity index (χ0v) is 13.0. The molecule has 0 aliphatic heterocycles. The zero-order chi connectivity index (χ0) is 16.1. The molecule has 4 nitrogen and oxygen atoms in total. The first-order valence-corrected chi connectivity index (χ1v) is 7.58. The Bertz CT molecular complexity index is 745. The van der Waals surface area contributed by atoms with Crippen LogP contribution in [0.1, 0.15) is 16.8 Å². The van der Waals surface area contributed by atoms with E-state index in [0.29, 0.717) is 18.9 Å². The van der Waals surface area contributed by atoms with Crippen LogP contribution in [0.25, 0.3) is 11.5 Å². The molecule has 0 fully saturated rings. The van der Waals surface area contributed by atoms with Crippen LogP contribution in [-0.2, 0) is 13.0 Å². The number of rotatable bonds is 6. The highest BCUT2D eigenvalue weighted by molar-refractivity contribution is 5.53. The molecule has 0 amide bonds. The van der Waals surface area contributed by atoms with Crippen molar-refractivity contribution >= 4 is 0 Å². The van der Waals surface area contributed by atoms with Gasteiger partial charge in [-0.25, -0.2) is 4.98 Å². The van der Waals surface area contributed by atoms with Gasteiger partial charge in [0.25, 0.3) is 0 Å². The first kappa shape index (κ1) is 15.3. The van der Waals surface area contributed by atoms with Gasteiger partial charge in [-0.1, -0.05) is 29.8 Å². The smallest absolute Gasteiger partial charge is 0.226 e. The number of nitrogens with zero attached hydrogens (tertiary/aromatic N) is 1. The Morgan fingerprint density at radius 2 is 1.78 bits per heavy atom. The van der Waals surface area contributed by atoms with E-state index in [1.54, 1.807) is 6.26 Å². The lowest BCUT2D eigenvalue weighted by molar-refractivity contribution is 0.281. The Labute approximate surface area is 135 Å². The van der Waals surface area contributed by atoms with E-state index in [4.69, 9.17) is 14.3 Å². The van der Waals surface area contributed by atoms with Crippen molar-refractivity contribution < 1.29 is 14.3 Å². The molecular formula is C19H19NO3. The van der Waals surface area contributed by atoms with E-state index in [-0.39, 0.29) is 6.61 Å². The predicted molar refractivity (Wildman–Crippen MR) is 88.2 cm³/mol. The minimum atomic E-state index is 0.0427. The maximum absolute atomic E-state index is 9.01. The van der Waals surface area contributed by atoms with Crippen LogP contribution < -0.4 is 4.74 Å². The van der Waals surface area contributed by atoms with Crippen LogP contribution >= 0.6 is 0 Å². The quantitative estimate of drug-likeness (QED) is 0.753. The van der Waals surface area contributed by atoms with Crippen LogP contribution in [0.5, 0.6) is 5.75 Å². The van der Waals surface area contributed by atoms with Gasteiger partial charge in [-0.3, -0.25) is 0 Å². The number of hydrogen-bond donors (Lipinski definition) is 1. The zero-order valence-electron chi connectivity index (χ0n) is 13.0. The van der Waals surface area contributed by atoms with Gasteiger partial charge in [0.15, 0.2) is 0 Å². The summed E-state index contributed by atoms with van der Waals surface area (Å²) >= 11 is 0. The second kappa shape index (κ2) is 7.11. The molecular weight excluding hydrogens is 290 g/mol. The van der Waals surface area contributed by atoms with E-state index in [2.05, 4.69) is 11.9 Å². The van der Waals surface area contributed by atoms with Crippen LogP contribution in [-0.4, -0.2) is 16.7 Å². The van der Waals surface area contributed by atoms with Gasteiger partial charge in [0.05, 0.1) is 18.9 Å². The molecule has 3 rings (SSSR count). The number of ether oxygens (including phenoxy) is 1. The molecule has 1 N–H and O–H groups in total. The third-order valence-corrected chi connectivity index (χ3v) is 3.58. The molecule has 0 bridgehead atoms. The van der Waals surface area contributed by atoms with E-state index in [0.717, 1.165) is 22.6 Å². The highest BCUT2D eigenvalue weighted by Gasteiger charge is 2.06. The molecule has 0 aliphatic carbocycles. The van der Waals surface area contributed by atoms with Crippen molar-refractivity contribution in [2.24, 2.45) is 0 Å². The Morgan fingerprint density at radius 3 is 2.48 bits per heavy atom. The van der Waals surface area contributed by atoms with Crippen molar-refractivity contribution in [2.45, 2.75) is 20.0 Å². The molecule has 4 heteroatoms. The summed E-state index contributed by atoms with van der Waals surface area (Å²) in [7, 11) is 0. The highest BCUT2D eigenvalue weighted by atomic mass is 16.5. The lowest BCUT2D eigenvalue weighted by atomic mass is 10.1. The summed E-state index contributed by atoms with van der Waals surface area (Å²) in [5.74, 6) is 1.41. The topological polar surface area (TPSA) is 55.5 Å². The molecule has 1 aromatic heterocycles. The van der Waals surface area contributed by atoms with E-state index in [1.807, 2.05) is 48.5 Å². The lowest BCUT2D eigenvalue weighted by Gasteiger charge is -2.05. The highest BCUT2D eigenvalue weighted by Crippen LogP contribution is 2.19. The maximum atomic E-state index is 9.01. The molecule has 1 heterocycles. The van der Waals surface area contributed by atoms with Crippen LogP contribution in [0.15, 0.2) is 59.2 Å². The van der Waals surface area contributed by atoms with Crippen molar-refractivity contribution in [1.29, 1.82) is 0 Å². The molecule has 23 heavy (non-hydrogen) atoms. The molecule has 2 aromatic carbocycles. The average molecular weight is 309 g/mol. The number of aliphatic hydroxyl groups is 1. The Morgan fingerprint density at radius 1 is 1.04 bits per heavy atom. The third-order valence-electron chi connectivity index (χ3n) is 3.58. The van der Waals surface area contributed by atoms with Gasteiger partial charge in [-0.15, -0.1) is 0 Å². The fourth-order valence-electron chi connectivity index (χ4n) is 2.22. The predicted octanol–water partition coefficient (Wildman–Crippen LogP) is 3.76. The van der Waals surface area contributed by atoms with Gasteiger partial charge in [-0.05, 0) is 36.8 Å². The maximum Gasteiger partial charge on any atom is 0.226 e. The fourth-order valence-corrected chi connectivity index (χ4v) is 2.22. The number of hydrogen-bond acceptors (Lipinski definition) is 4. The summed E-state index contributed by atoms with van der Waals surface area (Å²) in [6, 6.07) is 15.5. The van der Waals surface area contributed by atoms with E-state index in [1.165, 1.54) is 5.56 Å². The van der Waals surface area contributed by atoms with E-state index < -0.39 is 0 Å². The van der Waals surface area contributed by atoms with Crippen molar-refractivity contribution in [1.82, 2.24) is 4.98 Å². The van der Waals surface area contributed by atoms with Gasteiger partial charge in [-0.2, -0.15) is 0 Å². The van der Waals surface area contributed by atoms with Gasteiger partial charge in [0, 0.05) is 12.0 Å². The summed E-state index contributed by atoms with van der Waals surface area (Å²) in [6.45, 7) is 2.62. The van der Waals surface area contributed by atoms with Gasteiger partial charge in [0.2, 0.25) is 5.89 Å². The fraction of sp³-hybridized carbons (Fsp3) is 0.211. The van der Waals surface area contributed by atoms with Gasteiger partial charge < -0.3 is 14.3 Å². The van der Waals surface area contributed by atoms with Crippen LogP contribution in [0, 0.1) is 6.92 Å². The summed E-state index contributed by atoms with van der Waals surface area (Å²) in [4.78, 5) is 4.49. The number of benzene rings is 2. The first-order valence-electron chi connectivity index (χ1n) is 7.58. The molecule has 0 atom stereocenters. The van der Waals surface area contributed by atoms with Crippen LogP contribution in [0.3, 0.4) is 0 Å². The summed E-state index contributed by atoms with van der Waals surface area (Å²) in [6.07, 6.45) is 2.35. The lowest BCUT2D eigenvalue weighted by Crippen LogP contribution is -2.01. The molecule has 0 unspecified atom stereocenters. The second-order valence-electron chi connectivity index (χ2n) is 5.41. The Balaban J connectivity index is 1.55. The SMILES string of the molecule is Cc1ccc(-c2nc(CCOc3ccc(CO)cc3)co2)cc1. The monoisotopic (exact) mass is 309 g/mol. The minimum absolute atomic E-state index is 0.0427. The van der Waals surface area contributed by atoms with Crippen molar-refractivity contribution in [3.63, 3.8) is 0 Å². The minimum Gasteiger partial charge on any atom is -0.493 e. The number of aliphatic hydroxyl groups excluding tert-OH is 1. The summed E-state index contributed by atoms with van der Waals surface area (Å²) in [5, 5.41) is 9.01. The van der Waals surface area contributed by atoms with Crippen molar-refractivity contribution in [3.05, 3.63) is 71.6 Å². The van der Waals surface area contributed by atoms with Crippen molar-refractivity contribution in [3.8, 4) is 17.2 Å². The standard InChI is InChI=1S/C19H19NO3/c1-14-2-6-16(7-3-14)19-20-17(13-23-19)10-11-22-18-8-4-15(12-21)5-9-18/h2-9,13,21H,10-12H2,1H3. The molecule has 0 saturated carbocycles. The van der Waals surface area contributed by atoms with Crippen LogP contribution in [0.4, 0.5) is 0 Å². The average Bonchev–Trinajstić information content (AvgIpc) is 3.05. The van der Waals surface area contributed by atoms with E-state index >= 15 is 0 Å². The van der Waals surface area contributed by atoms with Crippen LogP contribution in [0.2, 0.25) is 0 Å². The molecule has 0 saturated heterocycles. The molecule has 118 valence electrons. The van der Waals surface area contributed by atoms with Crippen molar-refractivity contribution in [2.75, 3.05) is 6.61 Å². The first-order chi connectivity index (χ1) is 11.2. The van der Waals surface area contributed by atoms with Gasteiger partial charge >= 0.3 is 0 Å². The third kappa shape index (κ3) is 3.99.